The minimum Gasteiger partial charge on any atom is -0.343 e. The Bertz CT molecular complexity index is 655. The maximum Gasteiger partial charge on any atom is 0.240 e. The van der Waals surface area contributed by atoms with Gasteiger partial charge in [0, 0.05) is 6.04 Å². The Morgan fingerprint density at radius 1 is 1.40 bits per heavy atom. The predicted octanol–water partition coefficient (Wildman–Crippen LogP) is 0.828. The van der Waals surface area contributed by atoms with Crippen LogP contribution in [0.25, 0.3) is 0 Å². The van der Waals surface area contributed by atoms with Gasteiger partial charge < -0.3 is 9.84 Å². The van der Waals surface area contributed by atoms with Crippen molar-refractivity contribution in [1.29, 1.82) is 0 Å². The first-order valence-corrected chi connectivity index (χ1v) is 7.53. The van der Waals surface area contributed by atoms with Gasteiger partial charge in [-0.15, -0.1) is 0 Å². The highest BCUT2D eigenvalue weighted by atomic mass is 32.2. The van der Waals surface area contributed by atoms with Gasteiger partial charge in [-0.2, -0.15) is 4.98 Å². The predicted molar refractivity (Wildman–Crippen MR) is 72.2 cm³/mol. The normalized spacial score (nSPS) is 13.3. The third-order valence-corrected chi connectivity index (χ3v) is 4.33. The summed E-state index contributed by atoms with van der Waals surface area (Å²) in [7, 11) is -1.78. The van der Waals surface area contributed by atoms with E-state index in [9.17, 15) is 8.42 Å². The lowest BCUT2D eigenvalue weighted by Gasteiger charge is -2.12. The van der Waals surface area contributed by atoms with Crippen LogP contribution < -0.4 is 10.0 Å². The maximum atomic E-state index is 12.2. The number of nitrogens with zero attached hydrogens (tertiary/aromatic N) is 2. The summed E-state index contributed by atoms with van der Waals surface area (Å²) in [6, 6.07) is 6.85. The summed E-state index contributed by atoms with van der Waals surface area (Å²) in [5.41, 5.74) is 0.898. The molecule has 0 saturated heterocycles. The molecule has 1 aromatic carbocycles. The smallest absolute Gasteiger partial charge is 0.240 e. The average molecular weight is 296 g/mol. The van der Waals surface area contributed by atoms with Crippen molar-refractivity contribution in [1.82, 2.24) is 20.2 Å². The topological polar surface area (TPSA) is 97.1 Å². The molecule has 0 aliphatic carbocycles. The highest BCUT2D eigenvalue weighted by Crippen LogP contribution is 2.17. The van der Waals surface area contributed by atoms with Gasteiger partial charge in [-0.25, -0.2) is 13.1 Å². The van der Waals surface area contributed by atoms with Crippen molar-refractivity contribution >= 4 is 10.0 Å². The van der Waals surface area contributed by atoms with Crippen molar-refractivity contribution in [3.8, 4) is 0 Å². The molecule has 0 aliphatic heterocycles. The molecule has 0 saturated carbocycles. The van der Waals surface area contributed by atoms with Crippen LogP contribution in [-0.4, -0.2) is 25.6 Å². The molecule has 2 rings (SSSR count). The summed E-state index contributed by atoms with van der Waals surface area (Å²) in [4.78, 5) is 3.97. The summed E-state index contributed by atoms with van der Waals surface area (Å²) in [5, 5.41) is 6.62. The third-order valence-electron chi connectivity index (χ3n) is 2.93. The standard InChI is InChI=1S/C12H16N4O3S/c1-9(13-2)10-4-3-5-11(6-10)20(17,18)15-7-12-14-8-19-16-12/h3-6,8-9,13,15H,7H2,1-2H3. The zero-order valence-corrected chi connectivity index (χ0v) is 12.0. The highest BCUT2D eigenvalue weighted by Gasteiger charge is 2.16. The van der Waals surface area contributed by atoms with E-state index in [-0.39, 0.29) is 23.3 Å². The molecule has 1 aromatic heterocycles. The van der Waals surface area contributed by atoms with Crippen LogP contribution in [0.5, 0.6) is 0 Å². The fraction of sp³-hybridized carbons (Fsp3) is 0.333. The van der Waals surface area contributed by atoms with Gasteiger partial charge in [0.25, 0.3) is 0 Å². The Hall–Kier alpha value is -1.77. The van der Waals surface area contributed by atoms with Crippen LogP contribution in [0.15, 0.2) is 40.1 Å². The van der Waals surface area contributed by atoms with E-state index < -0.39 is 10.0 Å². The number of rotatable bonds is 6. The Morgan fingerprint density at radius 3 is 2.85 bits per heavy atom. The summed E-state index contributed by atoms with van der Waals surface area (Å²) in [5.74, 6) is 0.285. The molecule has 0 bridgehead atoms. The van der Waals surface area contributed by atoms with Gasteiger partial charge in [0.1, 0.15) is 0 Å². The van der Waals surface area contributed by atoms with Crippen LogP contribution in [0.4, 0.5) is 0 Å². The number of nitrogens with one attached hydrogen (secondary N) is 2. The van der Waals surface area contributed by atoms with Crippen LogP contribution >= 0.6 is 0 Å². The summed E-state index contributed by atoms with van der Waals surface area (Å²) in [6.07, 6.45) is 1.15. The van der Waals surface area contributed by atoms with Crippen molar-refractivity contribution in [3.05, 3.63) is 42.0 Å². The van der Waals surface area contributed by atoms with E-state index in [1.807, 2.05) is 20.0 Å². The van der Waals surface area contributed by atoms with Crippen LogP contribution in [0.3, 0.4) is 0 Å². The summed E-state index contributed by atoms with van der Waals surface area (Å²) >= 11 is 0. The van der Waals surface area contributed by atoms with Gasteiger partial charge in [0.2, 0.25) is 16.4 Å². The van der Waals surface area contributed by atoms with E-state index in [1.165, 1.54) is 0 Å². The molecule has 108 valence electrons. The molecule has 20 heavy (non-hydrogen) atoms. The van der Waals surface area contributed by atoms with Gasteiger partial charge in [0.05, 0.1) is 11.4 Å². The number of aromatic nitrogens is 2. The average Bonchev–Trinajstić information content (AvgIpc) is 2.98. The molecule has 1 heterocycles. The van der Waals surface area contributed by atoms with E-state index in [2.05, 4.69) is 24.7 Å². The van der Waals surface area contributed by atoms with Crippen LogP contribution in [-0.2, 0) is 16.6 Å². The molecule has 7 nitrogen and oxygen atoms in total. The lowest BCUT2D eigenvalue weighted by Crippen LogP contribution is -2.24. The zero-order valence-electron chi connectivity index (χ0n) is 11.2. The van der Waals surface area contributed by atoms with Crippen LogP contribution in [0, 0.1) is 0 Å². The highest BCUT2D eigenvalue weighted by molar-refractivity contribution is 7.89. The van der Waals surface area contributed by atoms with E-state index in [0.717, 1.165) is 12.0 Å². The fourth-order valence-electron chi connectivity index (χ4n) is 1.63. The number of benzene rings is 1. The van der Waals surface area contributed by atoms with Gasteiger partial charge >= 0.3 is 0 Å². The zero-order chi connectivity index (χ0) is 14.6. The molecule has 0 aliphatic rings. The molecule has 0 fully saturated rings. The van der Waals surface area contributed by atoms with Crippen molar-refractivity contribution in [2.24, 2.45) is 0 Å². The Morgan fingerprint density at radius 2 is 2.20 bits per heavy atom. The Kier molecular flexibility index (Phi) is 4.48. The van der Waals surface area contributed by atoms with Gasteiger partial charge in [0.15, 0.2) is 5.82 Å². The summed E-state index contributed by atoms with van der Waals surface area (Å²) in [6.45, 7) is 1.95. The molecule has 0 amide bonds. The van der Waals surface area contributed by atoms with Crippen molar-refractivity contribution in [3.63, 3.8) is 0 Å². The molecule has 8 heteroatoms. The Labute approximate surface area is 117 Å². The number of hydrogen-bond donors (Lipinski definition) is 2. The monoisotopic (exact) mass is 296 g/mol. The first-order valence-electron chi connectivity index (χ1n) is 6.05. The second kappa shape index (κ2) is 6.12. The number of sulfonamides is 1. The largest absolute Gasteiger partial charge is 0.343 e. The van der Waals surface area contributed by atoms with Crippen molar-refractivity contribution < 1.29 is 12.9 Å². The molecule has 2 aromatic rings. The minimum atomic E-state index is -3.60. The quantitative estimate of drug-likeness (QED) is 0.819. The minimum absolute atomic E-state index is 0.00928. The second-order valence-electron chi connectivity index (χ2n) is 4.25. The van der Waals surface area contributed by atoms with Gasteiger partial charge in [-0.1, -0.05) is 17.3 Å². The first-order chi connectivity index (χ1) is 9.53. The van der Waals surface area contributed by atoms with Gasteiger partial charge in [-0.05, 0) is 31.7 Å². The SMILES string of the molecule is CNC(C)c1cccc(S(=O)(=O)NCc2ncon2)c1. The Balaban J connectivity index is 2.16. The van der Waals surface area contributed by atoms with Crippen molar-refractivity contribution in [2.75, 3.05) is 7.05 Å². The molecule has 0 spiro atoms. The van der Waals surface area contributed by atoms with Gasteiger partial charge in [-0.3, -0.25) is 0 Å². The van der Waals surface area contributed by atoms with E-state index in [1.54, 1.807) is 18.2 Å². The lowest BCUT2D eigenvalue weighted by atomic mass is 10.1. The first kappa shape index (κ1) is 14.6. The molecular weight excluding hydrogens is 280 g/mol. The van der Waals surface area contributed by atoms with E-state index in [0.29, 0.717) is 0 Å². The third kappa shape index (κ3) is 3.41. The molecule has 1 atom stereocenters. The maximum absolute atomic E-state index is 12.2. The van der Waals surface area contributed by atoms with Crippen LogP contribution in [0.1, 0.15) is 24.4 Å². The second-order valence-corrected chi connectivity index (χ2v) is 6.02. The molecule has 2 N–H and O–H groups in total. The van der Waals surface area contributed by atoms with E-state index >= 15 is 0 Å². The van der Waals surface area contributed by atoms with E-state index in [4.69, 9.17) is 0 Å². The molecule has 0 radical (unpaired) electrons. The van der Waals surface area contributed by atoms with Crippen molar-refractivity contribution in [2.45, 2.75) is 24.4 Å². The number of hydrogen-bond acceptors (Lipinski definition) is 6. The molecule has 1 unspecified atom stereocenters. The lowest BCUT2D eigenvalue weighted by molar-refractivity contribution is 0.409. The van der Waals surface area contributed by atoms with Crippen LogP contribution in [0.2, 0.25) is 0 Å². The summed E-state index contributed by atoms with van der Waals surface area (Å²) < 4.78 is 31.3. The molecular formula is C12H16N4O3S. The fourth-order valence-corrected chi connectivity index (χ4v) is 2.67.